The van der Waals surface area contributed by atoms with Crippen molar-refractivity contribution in [3.8, 4) is 0 Å². The number of carbonyl (C=O) groups is 2. The van der Waals surface area contributed by atoms with Crippen LogP contribution in [0.3, 0.4) is 0 Å². The number of fused-ring (bicyclic) bond motifs is 1. The third-order valence-electron chi connectivity index (χ3n) is 6.11. The molecule has 0 radical (unpaired) electrons. The first-order valence-corrected chi connectivity index (χ1v) is 12.9. The van der Waals surface area contributed by atoms with Crippen LogP contribution in [-0.4, -0.2) is 45.3 Å². The molecular formula is C29H33FN6O4. The van der Waals surface area contributed by atoms with Gasteiger partial charge in [0.15, 0.2) is 11.5 Å². The van der Waals surface area contributed by atoms with Crippen LogP contribution >= 0.6 is 0 Å². The van der Waals surface area contributed by atoms with Crippen LogP contribution in [0.5, 0.6) is 0 Å². The van der Waals surface area contributed by atoms with E-state index in [1.165, 1.54) is 6.07 Å². The fourth-order valence-corrected chi connectivity index (χ4v) is 3.95. The van der Waals surface area contributed by atoms with E-state index in [0.29, 0.717) is 35.8 Å². The van der Waals surface area contributed by atoms with Gasteiger partial charge in [0.1, 0.15) is 18.5 Å². The SMILES string of the molecule is CC(C)(N)C(=O)N[C@H](COCc1ccccc1)c1nnc2cccc(COC(=O)NCCc3ccccc3F)n12. The first-order valence-electron chi connectivity index (χ1n) is 12.9. The second kappa shape index (κ2) is 13.1. The Labute approximate surface area is 231 Å². The number of alkyl carbamates (subject to hydrolysis) is 1. The molecule has 4 N–H and O–H groups in total. The molecule has 1 atom stereocenters. The molecule has 2 aromatic heterocycles. The van der Waals surface area contributed by atoms with Crippen molar-refractivity contribution in [2.75, 3.05) is 13.2 Å². The molecule has 2 aromatic carbocycles. The summed E-state index contributed by atoms with van der Waals surface area (Å²) in [6, 6.07) is 20.7. The first kappa shape index (κ1) is 28.7. The lowest BCUT2D eigenvalue weighted by molar-refractivity contribution is -0.126. The second-order valence-corrected chi connectivity index (χ2v) is 9.86. The maximum absolute atomic E-state index is 13.8. The standard InChI is InChI=1S/C29H33FN6O4/c1-29(2,31)27(37)33-24(19-39-17-20-9-4-3-5-10-20)26-35-34-25-14-8-12-22(36(25)26)18-40-28(38)32-16-15-21-11-6-7-13-23(21)30/h3-14,24H,15-19,31H2,1-2H3,(H,32,38)(H,33,37)/t24-/m1/s1. The Bertz CT molecular complexity index is 1440. The topological polar surface area (TPSA) is 133 Å². The summed E-state index contributed by atoms with van der Waals surface area (Å²) < 4.78 is 26.9. The molecule has 40 heavy (non-hydrogen) atoms. The number of aromatic nitrogens is 3. The number of pyridine rings is 1. The van der Waals surface area contributed by atoms with Gasteiger partial charge in [-0.05, 0) is 49.6 Å². The number of hydrogen-bond acceptors (Lipinski definition) is 7. The Kier molecular flexibility index (Phi) is 9.41. The highest BCUT2D eigenvalue weighted by Crippen LogP contribution is 2.18. The van der Waals surface area contributed by atoms with Gasteiger partial charge in [0.25, 0.3) is 0 Å². The number of rotatable bonds is 12. The zero-order valence-electron chi connectivity index (χ0n) is 22.5. The van der Waals surface area contributed by atoms with E-state index in [9.17, 15) is 14.0 Å². The van der Waals surface area contributed by atoms with Crippen LogP contribution in [0.15, 0.2) is 72.8 Å². The van der Waals surface area contributed by atoms with Crippen molar-refractivity contribution in [3.63, 3.8) is 0 Å². The zero-order valence-corrected chi connectivity index (χ0v) is 22.5. The van der Waals surface area contributed by atoms with Gasteiger partial charge in [0.05, 0.1) is 24.4 Å². The Hall–Kier alpha value is -4.35. The van der Waals surface area contributed by atoms with Gasteiger partial charge >= 0.3 is 6.09 Å². The second-order valence-electron chi connectivity index (χ2n) is 9.86. The highest BCUT2D eigenvalue weighted by molar-refractivity contribution is 5.85. The highest BCUT2D eigenvalue weighted by atomic mass is 19.1. The molecule has 2 amide bonds. The molecule has 10 nitrogen and oxygen atoms in total. The van der Waals surface area contributed by atoms with Gasteiger partial charge in [0, 0.05) is 6.54 Å². The fourth-order valence-electron chi connectivity index (χ4n) is 3.95. The molecule has 2 heterocycles. The number of amides is 2. The molecule has 0 unspecified atom stereocenters. The summed E-state index contributed by atoms with van der Waals surface area (Å²) in [5, 5.41) is 14.1. The van der Waals surface area contributed by atoms with E-state index in [2.05, 4.69) is 20.8 Å². The molecule has 0 saturated heterocycles. The largest absolute Gasteiger partial charge is 0.443 e. The van der Waals surface area contributed by atoms with Crippen molar-refractivity contribution in [2.45, 2.75) is 45.1 Å². The van der Waals surface area contributed by atoms with Crippen LogP contribution in [0.4, 0.5) is 9.18 Å². The van der Waals surface area contributed by atoms with E-state index < -0.39 is 17.7 Å². The van der Waals surface area contributed by atoms with Crippen LogP contribution in [0.2, 0.25) is 0 Å². The fraction of sp³-hybridized carbons (Fsp3) is 0.310. The summed E-state index contributed by atoms with van der Waals surface area (Å²) in [5.74, 6) is -0.308. The van der Waals surface area contributed by atoms with Crippen LogP contribution in [-0.2, 0) is 33.9 Å². The van der Waals surface area contributed by atoms with Crippen LogP contribution in [0, 0.1) is 5.82 Å². The molecule has 210 valence electrons. The van der Waals surface area contributed by atoms with E-state index in [1.54, 1.807) is 54.6 Å². The summed E-state index contributed by atoms with van der Waals surface area (Å²) in [4.78, 5) is 25.2. The highest BCUT2D eigenvalue weighted by Gasteiger charge is 2.28. The molecule has 0 aliphatic rings. The van der Waals surface area contributed by atoms with Gasteiger partial charge in [0.2, 0.25) is 5.91 Å². The van der Waals surface area contributed by atoms with Crippen molar-refractivity contribution in [1.29, 1.82) is 0 Å². The molecule has 0 bridgehead atoms. The van der Waals surface area contributed by atoms with Gasteiger partial charge in [-0.2, -0.15) is 0 Å². The molecule has 4 rings (SSSR count). The van der Waals surface area contributed by atoms with E-state index in [1.807, 2.05) is 30.3 Å². The third kappa shape index (κ3) is 7.61. The van der Waals surface area contributed by atoms with Crippen molar-refractivity contribution < 1.29 is 23.5 Å². The molecule has 0 saturated carbocycles. The summed E-state index contributed by atoms with van der Waals surface area (Å²) in [7, 11) is 0. The van der Waals surface area contributed by atoms with E-state index in [0.717, 1.165) is 5.56 Å². The minimum absolute atomic E-state index is 0.0954. The quantitative estimate of drug-likeness (QED) is 0.247. The monoisotopic (exact) mass is 548 g/mol. The number of hydrogen-bond donors (Lipinski definition) is 3. The number of carbonyl (C=O) groups excluding carboxylic acids is 2. The summed E-state index contributed by atoms with van der Waals surface area (Å²) in [6.07, 6.45) is -0.321. The smallest absolute Gasteiger partial charge is 0.407 e. The average molecular weight is 549 g/mol. The average Bonchev–Trinajstić information content (AvgIpc) is 3.37. The summed E-state index contributed by atoms with van der Waals surface area (Å²) >= 11 is 0. The molecule has 11 heteroatoms. The Balaban J connectivity index is 1.46. The van der Waals surface area contributed by atoms with Crippen molar-refractivity contribution in [3.05, 3.63) is 101 Å². The maximum atomic E-state index is 13.8. The predicted octanol–water partition coefficient (Wildman–Crippen LogP) is 3.45. The molecular weight excluding hydrogens is 515 g/mol. The number of nitrogens with zero attached hydrogens (tertiary/aromatic N) is 3. The van der Waals surface area contributed by atoms with Crippen LogP contribution in [0.25, 0.3) is 5.65 Å². The molecule has 0 fully saturated rings. The Morgan fingerprint density at radius 3 is 2.50 bits per heavy atom. The zero-order chi connectivity index (χ0) is 28.5. The van der Waals surface area contributed by atoms with Crippen molar-refractivity contribution in [2.24, 2.45) is 5.73 Å². The maximum Gasteiger partial charge on any atom is 0.407 e. The van der Waals surface area contributed by atoms with Crippen LogP contribution in [0.1, 0.15) is 42.5 Å². The summed E-state index contributed by atoms with van der Waals surface area (Å²) in [6.45, 7) is 3.76. The number of ether oxygens (including phenoxy) is 2. The molecule has 0 spiro atoms. The molecule has 4 aromatic rings. The van der Waals surface area contributed by atoms with Gasteiger partial charge in [-0.1, -0.05) is 54.6 Å². The van der Waals surface area contributed by atoms with Gasteiger partial charge < -0.3 is 25.8 Å². The number of nitrogens with one attached hydrogen (secondary N) is 2. The lowest BCUT2D eigenvalue weighted by Gasteiger charge is -2.24. The Morgan fingerprint density at radius 1 is 1.00 bits per heavy atom. The van der Waals surface area contributed by atoms with Gasteiger partial charge in [-0.15, -0.1) is 10.2 Å². The lowest BCUT2D eigenvalue weighted by Crippen LogP contribution is -2.51. The minimum Gasteiger partial charge on any atom is -0.443 e. The van der Waals surface area contributed by atoms with Gasteiger partial charge in [-0.3, -0.25) is 9.20 Å². The van der Waals surface area contributed by atoms with Crippen molar-refractivity contribution in [1.82, 2.24) is 25.2 Å². The van der Waals surface area contributed by atoms with Crippen LogP contribution < -0.4 is 16.4 Å². The predicted molar refractivity (Wildman–Crippen MR) is 147 cm³/mol. The number of benzene rings is 2. The van der Waals surface area contributed by atoms with Gasteiger partial charge in [-0.25, -0.2) is 9.18 Å². The van der Waals surface area contributed by atoms with E-state index in [-0.39, 0.29) is 31.5 Å². The van der Waals surface area contributed by atoms with E-state index in [4.69, 9.17) is 15.2 Å². The van der Waals surface area contributed by atoms with Crippen molar-refractivity contribution >= 4 is 17.6 Å². The molecule has 0 aliphatic carbocycles. The normalized spacial score (nSPS) is 12.2. The Morgan fingerprint density at radius 2 is 1.75 bits per heavy atom. The third-order valence-corrected chi connectivity index (χ3v) is 6.11. The first-order chi connectivity index (χ1) is 19.2. The van der Waals surface area contributed by atoms with E-state index >= 15 is 0 Å². The summed E-state index contributed by atoms with van der Waals surface area (Å²) in [5.41, 5.74) is 7.46. The molecule has 0 aliphatic heterocycles. The lowest BCUT2D eigenvalue weighted by atomic mass is 10.1. The number of halogens is 1. The number of nitrogens with two attached hydrogens (primary N) is 1. The minimum atomic E-state index is -1.13.